The van der Waals surface area contributed by atoms with E-state index in [0.717, 1.165) is 22.9 Å². The molecule has 6 rings (SSSR count). The van der Waals surface area contributed by atoms with Crippen LogP contribution in [0.1, 0.15) is 48.6 Å². The molecule has 180 valence electrons. The van der Waals surface area contributed by atoms with Gasteiger partial charge in [0.15, 0.2) is 11.5 Å². The van der Waals surface area contributed by atoms with Gasteiger partial charge in [0.1, 0.15) is 0 Å². The number of hydrogen-bond acceptors (Lipinski definition) is 2. The predicted molar refractivity (Wildman–Crippen MR) is 154 cm³/mol. The van der Waals surface area contributed by atoms with Crippen LogP contribution in [-0.2, 0) is 5.41 Å². The van der Waals surface area contributed by atoms with Gasteiger partial charge in [0.2, 0.25) is 0 Å². The summed E-state index contributed by atoms with van der Waals surface area (Å²) in [5.41, 5.74) is 9.91. The highest BCUT2D eigenvalue weighted by Gasteiger charge is 2.30. The third-order valence-corrected chi connectivity index (χ3v) is 7.43. The van der Waals surface area contributed by atoms with E-state index >= 15 is 0 Å². The van der Waals surface area contributed by atoms with Crippen LogP contribution in [0.4, 0.5) is 17.1 Å². The molecule has 0 saturated carbocycles. The molecule has 1 aliphatic rings. The highest BCUT2D eigenvalue weighted by atomic mass is 16.5. The minimum atomic E-state index is 0.0936. The molecule has 0 spiro atoms. The number of hydrogen-bond donors (Lipinski definition) is 0. The molecule has 0 aromatic heterocycles. The Kier molecular flexibility index (Phi) is 4.95. The van der Waals surface area contributed by atoms with Crippen LogP contribution in [0.3, 0.4) is 0 Å². The molecule has 0 atom stereocenters. The summed E-state index contributed by atoms with van der Waals surface area (Å²) >= 11 is 0. The SMILES string of the molecule is Cc1ccc2cc3c(cc2c1)N(c1c(C)cc(C(C)(C)C)cc1C)c1cc2cc(C)ccc2cc1O3. The zero-order valence-corrected chi connectivity index (χ0v) is 22.3. The Morgan fingerprint density at radius 3 is 1.47 bits per heavy atom. The number of aryl methyl sites for hydroxylation is 4. The van der Waals surface area contributed by atoms with Crippen LogP contribution in [0.5, 0.6) is 11.5 Å². The molecule has 36 heavy (non-hydrogen) atoms. The van der Waals surface area contributed by atoms with E-state index in [9.17, 15) is 0 Å². The normalized spacial score (nSPS) is 13.0. The van der Waals surface area contributed by atoms with Gasteiger partial charge in [0.05, 0.1) is 17.1 Å². The lowest BCUT2D eigenvalue weighted by atomic mass is 9.84. The maximum Gasteiger partial charge on any atom is 0.152 e. The van der Waals surface area contributed by atoms with E-state index < -0.39 is 0 Å². The van der Waals surface area contributed by atoms with Crippen molar-refractivity contribution >= 4 is 38.6 Å². The second kappa shape index (κ2) is 7.86. The Hall–Kier alpha value is -3.78. The van der Waals surface area contributed by atoms with E-state index in [2.05, 4.69) is 126 Å². The molecule has 1 aliphatic heterocycles. The Bertz CT molecular complexity index is 1570. The first-order valence-corrected chi connectivity index (χ1v) is 12.8. The van der Waals surface area contributed by atoms with Gasteiger partial charge in [0, 0.05) is 0 Å². The van der Waals surface area contributed by atoms with Crippen molar-refractivity contribution in [2.45, 2.75) is 53.9 Å². The lowest BCUT2D eigenvalue weighted by Gasteiger charge is -2.36. The third-order valence-electron chi connectivity index (χ3n) is 7.43. The molecular formula is C34H33NO. The van der Waals surface area contributed by atoms with Crippen LogP contribution in [0.2, 0.25) is 0 Å². The Morgan fingerprint density at radius 2 is 1.03 bits per heavy atom. The van der Waals surface area contributed by atoms with Crippen molar-refractivity contribution in [1.29, 1.82) is 0 Å². The van der Waals surface area contributed by atoms with E-state index in [1.165, 1.54) is 55.0 Å². The Labute approximate surface area is 214 Å². The topological polar surface area (TPSA) is 12.5 Å². The first kappa shape index (κ1) is 22.7. The van der Waals surface area contributed by atoms with Gasteiger partial charge in [-0.3, -0.25) is 0 Å². The van der Waals surface area contributed by atoms with Crippen LogP contribution >= 0.6 is 0 Å². The Morgan fingerprint density at radius 1 is 0.556 bits per heavy atom. The van der Waals surface area contributed by atoms with E-state index in [1.54, 1.807) is 0 Å². The van der Waals surface area contributed by atoms with Crippen LogP contribution in [0.25, 0.3) is 21.5 Å². The number of rotatable bonds is 1. The molecule has 5 aromatic carbocycles. The average molecular weight is 472 g/mol. The van der Waals surface area contributed by atoms with E-state index in [0.29, 0.717) is 0 Å². The molecule has 0 N–H and O–H groups in total. The number of fused-ring (bicyclic) bond motifs is 4. The molecule has 0 bridgehead atoms. The summed E-state index contributed by atoms with van der Waals surface area (Å²) < 4.78 is 6.62. The summed E-state index contributed by atoms with van der Waals surface area (Å²) in [6, 6.07) is 26.9. The zero-order valence-electron chi connectivity index (χ0n) is 22.3. The fraction of sp³-hybridized carbons (Fsp3) is 0.235. The smallest absolute Gasteiger partial charge is 0.152 e. The van der Waals surface area contributed by atoms with Crippen molar-refractivity contribution in [3.05, 3.63) is 101 Å². The summed E-state index contributed by atoms with van der Waals surface area (Å²) in [5.74, 6) is 1.79. The minimum absolute atomic E-state index is 0.0936. The Balaban J connectivity index is 1.67. The minimum Gasteiger partial charge on any atom is -0.453 e. The van der Waals surface area contributed by atoms with Crippen molar-refractivity contribution in [2.75, 3.05) is 4.90 Å². The van der Waals surface area contributed by atoms with Crippen LogP contribution in [0, 0.1) is 27.7 Å². The second-order valence-corrected chi connectivity index (χ2v) is 11.5. The third kappa shape index (κ3) is 3.64. The molecule has 0 radical (unpaired) electrons. The molecule has 0 amide bonds. The molecule has 2 nitrogen and oxygen atoms in total. The molecule has 0 fully saturated rings. The lowest BCUT2D eigenvalue weighted by molar-refractivity contribution is 0.478. The monoisotopic (exact) mass is 471 g/mol. The van der Waals surface area contributed by atoms with Crippen molar-refractivity contribution in [3.63, 3.8) is 0 Å². The molecule has 0 aliphatic carbocycles. The highest BCUT2D eigenvalue weighted by molar-refractivity contribution is 6.00. The van der Waals surface area contributed by atoms with Crippen LogP contribution in [-0.4, -0.2) is 0 Å². The largest absolute Gasteiger partial charge is 0.453 e. The summed E-state index contributed by atoms with van der Waals surface area (Å²) in [4.78, 5) is 2.43. The van der Waals surface area contributed by atoms with Crippen molar-refractivity contribution < 1.29 is 4.74 Å². The van der Waals surface area contributed by atoms with Gasteiger partial charge in [-0.15, -0.1) is 0 Å². The van der Waals surface area contributed by atoms with Crippen molar-refractivity contribution in [2.24, 2.45) is 0 Å². The summed E-state index contributed by atoms with van der Waals surface area (Å²) in [5, 5.41) is 4.83. The van der Waals surface area contributed by atoms with Crippen LogP contribution in [0.15, 0.2) is 72.8 Å². The molecule has 0 saturated heterocycles. The number of ether oxygens (including phenoxy) is 1. The quantitative estimate of drug-likeness (QED) is 0.236. The molecule has 5 aromatic rings. The summed E-state index contributed by atoms with van der Waals surface area (Å²) in [6.07, 6.45) is 0. The van der Waals surface area contributed by atoms with Gasteiger partial charge in [0.25, 0.3) is 0 Å². The van der Waals surface area contributed by atoms with Gasteiger partial charge >= 0.3 is 0 Å². The van der Waals surface area contributed by atoms with Gasteiger partial charge in [-0.05, 0) is 95.6 Å². The van der Waals surface area contributed by atoms with E-state index in [4.69, 9.17) is 4.74 Å². The zero-order chi connectivity index (χ0) is 25.4. The maximum absolute atomic E-state index is 6.62. The molecule has 0 unspecified atom stereocenters. The first-order valence-electron chi connectivity index (χ1n) is 12.8. The first-order chi connectivity index (χ1) is 17.1. The number of anilines is 3. The van der Waals surface area contributed by atoms with Gasteiger partial charge in [-0.25, -0.2) is 0 Å². The van der Waals surface area contributed by atoms with E-state index in [1.807, 2.05) is 0 Å². The average Bonchev–Trinajstić information content (AvgIpc) is 2.80. The second-order valence-electron chi connectivity index (χ2n) is 11.5. The summed E-state index contributed by atoms with van der Waals surface area (Å²) in [6.45, 7) is 15.6. The molecular weight excluding hydrogens is 438 g/mol. The molecule has 2 heteroatoms. The fourth-order valence-corrected chi connectivity index (χ4v) is 5.51. The van der Waals surface area contributed by atoms with E-state index in [-0.39, 0.29) is 5.41 Å². The number of nitrogens with zero attached hydrogens (tertiary/aromatic N) is 1. The van der Waals surface area contributed by atoms with Crippen molar-refractivity contribution in [3.8, 4) is 11.5 Å². The maximum atomic E-state index is 6.62. The molecule has 1 heterocycles. The standard InChI is InChI=1S/C34H33NO/c1-20-8-10-24-18-31-29(16-26(24)12-20)35(33-22(3)14-28(15-23(33)4)34(5,6)7)30-17-27-13-21(2)9-11-25(27)19-32(30)36-31/h8-19H,1-7H3. The van der Waals surface area contributed by atoms with Crippen molar-refractivity contribution in [1.82, 2.24) is 0 Å². The van der Waals surface area contributed by atoms with Gasteiger partial charge < -0.3 is 9.64 Å². The van der Waals surface area contributed by atoms with Crippen LogP contribution < -0.4 is 9.64 Å². The number of benzene rings is 5. The summed E-state index contributed by atoms with van der Waals surface area (Å²) in [7, 11) is 0. The lowest BCUT2D eigenvalue weighted by Crippen LogP contribution is -2.19. The van der Waals surface area contributed by atoms with Gasteiger partial charge in [-0.1, -0.05) is 80.4 Å². The predicted octanol–water partition coefficient (Wildman–Crippen LogP) is 10.1. The highest BCUT2D eigenvalue weighted by Crippen LogP contribution is 2.54. The van der Waals surface area contributed by atoms with Gasteiger partial charge in [-0.2, -0.15) is 0 Å². The fourth-order valence-electron chi connectivity index (χ4n) is 5.51.